The van der Waals surface area contributed by atoms with Gasteiger partial charge in [-0.1, -0.05) is 0 Å². The second kappa shape index (κ2) is 4.83. The van der Waals surface area contributed by atoms with Gasteiger partial charge in [0.05, 0.1) is 6.61 Å². The number of hydrogen-bond donors (Lipinski definition) is 0. The van der Waals surface area contributed by atoms with Crippen molar-refractivity contribution in [3.63, 3.8) is 0 Å². The number of hydrogen-bond acceptors (Lipinski definition) is 9. The maximum absolute atomic E-state index is 12.3. The first-order chi connectivity index (χ1) is 11.5. The molecular weight excluding hydrogens is 338 g/mol. The van der Waals surface area contributed by atoms with E-state index < -0.39 is 47.4 Å². The normalized spacial score (nSPS) is 38.0. The van der Waals surface area contributed by atoms with Crippen LogP contribution in [0.2, 0.25) is 0 Å². The van der Waals surface area contributed by atoms with Crippen LogP contribution in [0.4, 0.5) is 9.59 Å². The van der Waals surface area contributed by atoms with Crippen molar-refractivity contribution in [1.82, 2.24) is 4.90 Å². The Balaban J connectivity index is 1.57. The van der Waals surface area contributed by atoms with Gasteiger partial charge in [-0.3, -0.25) is 0 Å². The standard InChI is InChI=1S/C15H21NO9/c1-12(2,3)22-10(17)16-7-14(23-11(16)18)15(24-25-15)9-8(6-19-14)20-13(4,5)21-9/h8-9H,6-7H2,1-5H3/t8-,9-,14+/m1/s1. The molecule has 0 aliphatic carbocycles. The lowest BCUT2D eigenvalue weighted by atomic mass is 9.94. The molecule has 4 rings (SSSR count). The molecular formula is C15H21NO9. The summed E-state index contributed by atoms with van der Waals surface area (Å²) in [4.78, 5) is 35.7. The number of carbonyl (C=O) groups excluding carboxylic acids is 2. The molecule has 140 valence electrons. The highest BCUT2D eigenvalue weighted by Crippen LogP contribution is 2.56. The zero-order valence-corrected chi connectivity index (χ0v) is 14.7. The lowest BCUT2D eigenvalue weighted by molar-refractivity contribution is -0.281. The Labute approximate surface area is 144 Å². The van der Waals surface area contributed by atoms with Crippen LogP contribution in [0, 0.1) is 0 Å². The number of rotatable bonds is 0. The van der Waals surface area contributed by atoms with Gasteiger partial charge in [0.25, 0.3) is 5.79 Å². The number of nitrogens with zero attached hydrogens (tertiary/aromatic N) is 1. The van der Waals surface area contributed by atoms with E-state index in [9.17, 15) is 9.59 Å². The average molecular weight is 359 g/mol. The van der Waals surface area contributed by atoms with Crippen LogP contribution in [0.15, 0.2) is 0 Å². The van der Waals surface area contributed by atoms with Crippen LogP contribution in [0.3, 0.4) is 0 Å². The fourth-order valence-corrected chi connectivity index (χ4v) is 3.29. The topological polar surface area (TPSA) is 109 Å². The highest BCUT2D eigenvalue weighted by Gasteiger charge is 2.83. The summed E-state index contributed by atoms with van der Waals surface area (Å²) in [6.45, 7) is 8.45. The summed E-state index contributed by atoms with van der Waals surface area (Å²) in [5, 5.41) is 0. The smallest absolute Gasteiger partial charge is 0.422 e. The average Bonchev–Trinajstić information content (AvgIpc) is 3.08. The molecule has 2 spiro atoms. The molecule has 0 N–H and O–H groups in total. The fraction of sp³-hybridized carbons (Fsp3) is 0.867. The molecule has 10 nitrogen and oxygen atoms in total. The van der Waals surface area contributed by atoms with Crippen molar-refractivity contribution in [2.75, 3.05) is 13.2 Å². The lowest BCUT2D eigenvalue weighted by Gasteiger charge is -2.38. The van der Waals surface area contributed by atoms with Crippen molar-refractivity contribution in [1.29, 1.82) is 0 Å². The Morgan fingerprint density at radius 3 is 2.52 bits per heavy atom. The van der Waals surface area contributed by atoms with E-state index in [0.717, 1.165) is 4.90 Å². The van der Waals surface area contributed by atoms with Gasteiger partial charge in [-0.2, -0.15) is 9.78 Å². The third kappa shape index (κ3) is 2.51. The second-order valence-corrected chi connectivity index (χ2v) is 7.93. The maximum atomic E-state index is 12.3. The molecule has 0 aromatic heterocycles. The predicted molar refractivity (Wildman–Crippen MR) is 76.8 cm³/mol. The summed E-state index contributed by atoms with van der Waals surface area (Å²) in [7, 11) is 0. The van der Waals surface area contributed by atoms with Gasteiger partial charge in [-0.15, -0.1) is 0 Å². The molecule has 3 atom stereocenters. The Kier molecular flexibility index (Phi) is 3.28. The minimum atomic E-state index is -1.63. The molecule has 0 unspecified atom stereocenters. The van der Waals surface area contributed by atoms with E-state index in [0.29, 0.717) is 0 Å². The van der Waals surface area contributed by atoms with Crippen LogP contribution in [-0.2, 0) is 33.5 Å². The first-order valence-electron chi connectivity index (χ1n) is 8.07. The predicted octanol–water partition coefficient (Wildman–Crippen LogP) is 1.28. The molecule has 4 aliphatic heterocycles. The number of fused-ring (bicyclic) bond motifs is 3. The van der Waals surface area contributed by atoms with Crippen LogP contribution in [0.25, 0.3) is 0 Å². The van der Waals surface area contributed by atoms with Crippen LogP contribution < -0.4 is 0 Å². The molecule has 10 heteroatoms. The van der Waals surface area contributed by atoms with Crippen molar-refractivity contribution in [2.45, 2.75) is 69.8 Å². The molecule has 2 amide bonds. The third-order valence-corrected chi connectivity index (χ3v) is 4.29. The molecule has 25 heavy (non-hydrogen) atoms. The fourth-order valence-electron chi connectivity index (χ4n) is 3.29. The molecule has 4 heterocycles. The van der Waals surface area contributed by atoms with Gasteiger partial charge in [-0.05, 0) is 34.6 Å². The van der Waals surface area contributed by atoms with E-state index in [-0.39, 0.29) is 13.2 Å². The minimum Gasteiger partial charge on any atom is -0.443 e. The van der Waals surface area contributed by atoms with Gasteiger partial charge in [0.1, 0.15) is 18.2 Å². The summed E-state index contributed by atoms with van der Waals surface area (Å²) in [6, 6.07) is 0. The van der Waals surface area contributed by atoms with Crippen LogP contribution >= 0.6 is 0 Å². The molecule has 0 aromatic rings. The molecule has 4 fully saturated rings. The summed E-state index contributed by atoms with van der Waals surface area (Å²) < 4.78 is 27.9. The summed E-state index contributed by atoms with van der Waals surface area (Å²) in [5.41, 5.74) is -0.762. The monoisotopic (exact) mass is 359 g/mol. The summed E-state index contributed by atoms with van der Waals surface area (Å²) in [6.07, 6.45) is -2.84. The van der Waals surface area contributed by atoms with Gasteiger partial charge in [-0.25, -0.2) is 14.5 Å². The van der Waals surface area contributed by atoms with Gasteiger partial charge in [0.15, 0.2) is 11.9 Å². The number of amides is 2. The SMILES string of the molecule is CC(C)(C)OC(=O)N1C[C@]2(OC[C@H]3OC(C)(C)O[C@H]3C23OO3)OC1=O. The number of carbonyl (C=O) groups is 2. The Bertz CT molecular complexity index is 623. The lowest BCUT2D eigenvalue weighted by Crippen LogP contribution is -2.64. The van der Waals surface area contributed by atoms with Crippen molar-refractivity contribution in [3.8, 4) is 0 Å². The van der Waals surface area contributed by atoms with E-state index in [4.69, 9.17) is 33.5 Å². The molecule has 0 radical (unpaired) electrons. The van der Waals surface area contributed by atoms with E-state index in [2.05, 4.69) is 0 Å². The van der Waals surface area contributed by atoms with Gasteiger partial charge in [0.2, 0.25) is 0 Å². The largest absolute Gasteiger partial charge is 0.443 e. The van der Waals surface area contributed by atoms with Crippen molar-refractivity contribution in [3.05, 3.63) is 0 Å². The molecule has 0 saturated carbocycles. The molecule has 4 saturated heterocycles. The number of imide groups is 1. The minimum absolute atomic E-state index is 0.0952. The number of ether oxygens (including phenoxy) is 5. The molecule has 0 aromatic carbocycles. The van der Waals surface area contributed by atoms with Crippen molar-refractivity contribution in [2.24, 2.45) is 0 Å². The van der Waals surface area contributed by atoms with E-state index >= 15 is 0 Å². The summed E-state index contributed by atoms with van der Waals surface area (Å²) >= 11 is 0. The van der Waals surface area contributed by atoms with Crippen molar-refractivity contribution >= 4 is 12.2 Å². The zero-order valence-electron chi connectivity index (χ0n) is 14.7. The van der Waals surface area contributed by atoms with Gasteiger partial charge in [0, 0.05) is 0 Å². The first kappa shape index (κ1) is 17.0. The molecule has 0 bridgehead atoms. The summed E-state index contributed by atoms with van der Waals surface area (Å²) in [5.74, 6) is -3.97. The first-order valence-corrected chi connectivity index (χ1v) is 8.07. The Hall–Kier alpha value is -1.46. The second-order valence-electron chi connectivity index (χ2n) is 7.93. The van der Waals surface area contributed by atoms with Crippen LogP contribution in [-0.4, -0.2) is 65.4 Å². The van der Waals surface area contributed by atoms with E-state index in [1.165, 1.54) is 0 Å². The van der Waals surface area contributed by atoms with Crippen LogP contribution in [0.1, 0.15) is 34.6 Å². The highest BCUT2D eigenvalue weighted by molar-refractivity contribution is 5.89. The van der Waals surface area contributed by atoms with Crippen LogP contribution in [0.5, 0.6) is 0 Å². The maximum Gasteiger partial charge on any atom is 0.422 e. The Morgan fingerprint density at radius 1 is 1.24 bits per heavy atom. The third-order valence-electron chi connectivity index (χ3n) is 4.29. The highest BCUT2D eigenvalue weighted by atomic mass is 17.4. The van der Waals surface area contributed by atoms with Gasteiger partial charge >= 0.3 is 18.0 Å². The zero-order chi connectivity index (χ0) is 18.3. The van der Waals surface area contributed by atoms with E-state index in [1.807, 2.05) is 0 Å². The quantitative estimate of drug-likeness (QED) is 0.466. The van der Waals surface area contributed by atoms with Gasteiger partial charge < -0.3 is 23.7 Å². The van der Waals surface area contributed by atoms with E-state index in [1.54, 1.807) is 34.6 Å². The molecule has 4 aliphatic rings. The van der Waals surface area contributed by atoms with Crippen molar-refractivity contribution < 1.29 is 43.0 Å². The Morgan fingerprint density at radius 2 is 1.92 bits per heavy atom.